The van der Waals surface area contributed by atoms with Gasteiger partial charge in [-0.05, 0) is 12.5 Å². The van der Waals surface area contributed by atoms with Crippen molar-refractivity contribution >= 4 is 44.1 Å². The van der Waals surface area contributed by atoms with E-state index in [1.807, 2.05) is 4.90 Å². The maximum Gasteiger partial charge on any atom is 0.341 e. The molecule has 0 aromatic carbocycles. The number of sulfonamides is 1. The molecule has 0 unspecified atom stereocenters. The normalized spacial score (nSPS) is 16.1. The number of thiophene rings is 1. The van der Waals surface area contributed by atoms with Crippen LogP contribution in [-0.2, 0) is 19.6 Å². The molecule has 3 N–H and O–H groups in total. The van der Waals surface area contributed by atoms with Crippen molar-refractivity contribution in [3.63, 3.8) is 0 Å². The van der Waals surface area contributed by atoms with Crippen molar-refractivity contribution in [2.24, 2.45) is 5.73 Å². The van der Waals surface area contributed by atoms with Crippen LogP contribution in [0.25, 0.3) is 0 Å². The van der Waals surface area contributed by atoms with Gasteiger partial charge in [-0.1, -0.05) is 0 Å². The van der Waals surface area contributed by atoms with Gasteiger partial charge in [0, 0.05) is 26.2 Å². The Bertz CT molecular complexity index is 856. The average molecular weight is 418 g/mol. The second kappa shape index (κ2) is 8.33. The fourth-order valence-electron chi connectivity index (χ4n) is 2.77. The first kappa shape index (κ1) is 21.3. The Morgan fingerprint density at radius 2 is 1.81 bits per heavy atom. The number of esters is 1. The van der Waals surface area contributed by atoms with E-state index in [1.165, 1.54) is 11.4 Å². The number of ether oxygens (including phenoxy) is 1. The van der Waals surface area contributed by atoms with Crippen LogP contribution in [0.2, 0.25) is 0 Å². The molecule has 1 saturated heterocycles. The second-order valence-corrected chi connectivity index (χ2v) is 9.11. The monoisotopic (exact) mass is 418 g/mol. The highest BCUT2D eigenvalue weighted by molar-refractivity contribution is 7.88. The molecule has 1 aromatic rings. The number of nitrogens with one attached hydrogen (secondary N) is 1. The van der Waals surface area contributed by atoms with Crippen LogP contribution in [0, 0.1) is 6.92 Å². The number of hydrogen-bond acceptors (Lipinski definition) is 8. The number of amides is 2. The first-order valence-electron chi connectivity index (χ1n) is 8.03. The van der Waals surface area contributed by atoms with E-state index in [0.717, 1.165) is 17.6 Å². The number of rotatable bonds is 6. The molecule has 1 fully saturated rings. The summed E-state index contributed by atoms with van der Waals surface area (Å²) < 4.78 is 29.1. The van der Waals surface area contributed by atoms with Crippen molar-refractivity contribution in [2.75, 3.05) is 51.4 Å². The summed E-state index contributed by atoms with van der Waals surface area (Å²) in [6.45, 7) is 3.04. The van der Waals surface area contributed by atoms with Gasteiger partial charge in [-0.25, -0.2) is 13.2 Å². The maximum absolute atomic E-state index is 12.4. The molecule has 0 radical (unpaired) electrons. The van der Waals surface area contributed by atoms with Gasteiger partial charge in [0.05, 0.1) is 30.4 Å². The average Bonchev–Trinajstić information content (AvgIpc) is 2.90. The fraction of sp³-hybridized carbons (Fsp3) is 0.533. The molecule has 2 rings (SSSR count). The molecule has 0 aliphatic carbocycles. The number of nitrogens with zero attached hydrogens (tertiary/aromatic N) is 2. The molecule has 27 heavy (non-hydrogen) atoms. The lowest BCUT2D eigenvalue weighted by Gasteiger charge is -2.32. The van der Waals surface area contributed by atoms with Crippen molar-refractivity contribution in [1.82, 2.24) is 9.21 Å². The summed E-state index contributed by atoms with van der Waals surface area (Å²) in [5.74, 6) is -1.75. The van der Waals surface area contributed by atoms with Crippen LogP contribution in [0.4, 0.5) is 5.00 Å². The van der Waals surface area contributed by atoms with E-state index in [9.17, 15) is 22.8 Å². The van der Waals surface area contributed by atoms with E-state index in [2.05, 4.69) is 5.32 Å². The van der Waals surface area contributed by atoms with Crippen LogP contribution in [0.5, 0.6) is 0 Å². The highest BCUT2D eigenvalue weighted by Gasteiger charge is 2.27. The number of methoxy groups -OCH3 is 1. The zero-order valence-corrected chi connectivity index (χ0v) is 16.9. The van der Waals surface area contributed by atoms with Crippen molar-refractivity contribution in [1.29, 1.82) is 0 Å². The molecule has 2 heterocycles. The van der Waals surface area contributed by atoms with Gasteiger partial charge in [0.25, 0.3) is 5.91 Å². The van der Waals surface area contributed by atoms with Crippen molar-refractivity contribution < 1.29 is 27.5 Å². The van der Waals surface area contributed by atoms with Gasteiger partial charge in [0.15, 0.2) is 0 Å². The molecule has 150 valence electrons. The summed E-state index contributed by atoms with van der Waals surface area (Å²) >= 11 is 0.919. The Kier molecular flexibility index (Phi) is 6.57. The Morgan fingerprint density at radius 3 is 2.30 bits per heavy atom. The number of carbonyl (C=O) groups excluding carboxylic acids is 3. The molecule has 2 amide bonds. The zero-order chi connectivity index (χ0) is 20.4. The molecule has 0 atom stereocenters. The number of primary amides is 1. The highest BCUT2D eigenvalue weighted by atomic mass is 32.2. The third kappa shape index (κ3) is 5.03. The molecule has 1 aliphatic rings. The molecule has 12 heteroatoms. The molecule has 0 saturated carbocycles. The molecular formula is C15H22N4O6S2. The minimum atomic E-state index is -3.24. The Balaban J connectivity index is 2.07. The number of piperazine rings is 1. The zero-order valence-electron chi connectivity index (χ0n) is 15.3. The number of anilines is 1. The maximum atomic E-state index is 12.4. The number of carbonyl (C=O) groups is 3. The van der Waals surface area contributed by atoms with Crippen LogP contribution in [0.1, 0.15) is 25.6 Å². The Labute approximate surface area is 161 Å². The van der Waals surface area contributed by atoms with Crippen LogP contribution < -0.4 is 11.1 Å². The van der Waals surface area contributed by atoms with Crippen molar-refractivity contribution in [3.05, 3.63) is 16.0 Å². The molecule has 0 bridgehead atoms. The van der Waals surface area contributed by atoms with Crippen LogP contribution in [-0.4, -0.2) is 81.5 Å². The predicted octanol–water partition coefficient (Wildman–Crippen LogP) is -0.542. The summed E-state index contributed by atoms with van der Waals surface area (Å²) in [4.78, 5) is 37.9. The lowest BCUT2D eigenvalue weighted by atomic mass is 10.1. The third-order valence-electron chi connectivity index (χ3n) is 4.18. The topological polar surface area (TPSA) is 139 Å². The standard InChI is InChI=1S/C15H22N4O6S2/c1-9-11(15(22)25-2)14(26-12(9)13(16)21)17-10(20)8-18-4-6-19(7-5-18)27(3,23)24/h4-8H2,1-3H3,(H2,16,21)(H,17,20). The minimum absolute atomic E-state index is 0.0288. The van der Waals surface area contributed by atoms with Gasteiger partial charge in [0.1, 0.15) is 5.00 Å². The molecular weight excluding hydrogens is 396 g/mol. The summed E-state index contributed by atoms with van der Waals surface area (Å²) in [5, 5.41) is 2.83. The van der Waals surface area contributed by atoms with E-state index < -0.39 is 21.9 Å². The van der Waals surface area contributed by atoms with E-state index in [-0.39, 0.29) is 27.9 Å². The van der Waals surface area contributed by atoms with Crippen molar-refractivity contribution in [2.45, 2.75) is 6.92 Å². The highest BCUT2D eigenvalue weighted by Crippen LogP contribution is 2.33. The summed E-state index contributed by atoms with van der Waals surface area (Å²) in [6, 6.07) is 0. The van der Waals surface area contributed by atoms with Crippen LogP contribution in [0.15, 0.2) is 0 Å². The summed E-state index contributed by atoms with van der Waals surface area (Å²) in [5.41, 5.74) is 5.77. The molecule has 1 aliphatic heterocycles. The second-order valence-electron chi connectivity index (χ2n) is 6.10. The van der Waals surface area contributed by atoms with Gasteiger partial charge in [-0.2, -0.15) is 4.31 Å². The molecule has 0 spiro atoms. The van der Waals surface area contributed by atoms with Gasteiger partial charge in [-0.3, -0.25) is 14.5 Å². The van der Waals surface area contributed by atoms with Crippen LogP contribution in [0.3, 0.4) is 0 Å². The van der Waals surface area contributed by atoms with E-state index >= 15 is 0 Å². The number of hydrogen-bond donors (Lipinski definition) is 2. The molecule has 1 aromatic heterocycles. The van der Waals surface area contributed by atoms with E-state index in [4.69, 9.17) is 10.5 Å². The summed E-state index contributed by atoms with van der Waals surface area (Å²) in [7, 11) is -2.04. The Morgan fingerprint density at radius 1 is 1.22 bits per heavy atom. The smallest absolute Gasteiger partial charge is 0.341 e. The predicted molar refractivity (Wildman–Crippen MR) is 100 cm³/mol. The lowest BCUT2D eigenvalue weighted by molar-refractivity contribution is -0.117. The first-order chi connectivity index (χ1) is 12.5. The third-order valence-corrected chi connectivity index (χ3v) is 6.71. The first-order valence-corrected chi connectivity index (χ1v) is 10.7. The fourth-order valence-corrected chi connectivity index (χ4v) is 4.66. The number of nitrogens with two attached hydrogens (primary N) is 1. The van der Waals surface area contributed by atoms with Gasteiger partial charge in [0.2, 0.25) is 15.9 Å². The minimum Gasteiger partial charge on any atom is -0.465 e. The quantitative estimate of drug-likeness (QED) is 0.591. The van der Waals surface area contributed by atoms with E-state index in [0.29, 0.717) is 31.7 Å². The Hall–Kier alpha value is -2.02. The van der Waals surface area contributed by atoms with Gasteiger partial charge >= 0.3 is 5.97 Å². The van der Waals surface area contributed by atoms with Gasteiger partial charge in [-0.15, -0.1) is 11.3 Å². The van der Waals surface area contributed by atoms with Crippen LogP contribution >= 0.6 is 11.3 Å². The van der Waals surface area contributed by atoms with Gasteiger partial charge < -0.3 is 15.8 Å². The largest absolute Gasteiger partial charge is 0.465 e. The SMILES string of the molecule is COC(=O)c1c(NC(=O)CN2CCN(S(C)(=O)=O)CC2)sc(C(N)=O)c1C. The summed E-state index contributed by atoms with van der Waals surface area (Å²) in [6.07, 6.45) is 1.15. The lowest BCUT2D eigenvalue weighted by Crippen LogP contribution is -2.50. The van der Waals surface area contributed by atoms with E-state index in [1.54, 1.807) is 6.92 Å². The molecule has 10 nitrogen and oxygen atoms in total. The van der Waals surface area contributed by atoms with Crippen molar-refractivity contribution in [3.8, 4) is 0 Å².